The number of hydrogen-bond donors (Lipinski definition) is 2. The number of rotatable bonds is 3. The van der Waals surface area contributed by atoms with Crippen molar-refractivity contribution in [1.29, 1.82) is 5.26 Å². The van der Waals surface area contributed by atoms with Gasteiger partial charge in [0.25, 0.3) is 0 Å². The molecule has 0 spiro atoms. The number of aliphatic hydroxyl groups excluding tert-OH is 1. The van der Waals surface area contributed by atoms with Crippen molar-refractivity contribution < 1.29 is 5.11 Å². The fraction of sp³-hybridized carbons (Fsp3) is 0.583. The molecule has 17 heavy (non-hydrogen) atoms. The Morgan fingerprint density at radius 2 is 2.24 bits per heavy atom. The number of nitrogens with zero attached hydrogens (tertiary/aromatic N) is 3. The van der Waals surface area contributed by atoms with Crippen molar-refractivity contribution in [3.8, 4) is 6.07 Å². The van der Waals surface area contributed by atoms with Crippen molar-refractivity contribution in [1.82, 2.24) is 9.97 Å². The molecule has 1 aliphatic carbocycles. The summed E-state index contributed by atoms with van der Waals surface area (Å²) in [6.45, 7) is 0.741. The van der Waals surface area contributed by atoms with Crippen molar-refractivity contribution >= 4 is 5.82 Å². The summed E-state index contributed by atoms with van der Waals surface area (Å²) < 4.78 is 0. The lowest BCUT2D eigenvalue weighted by Gasteiger charge is -2.26. The van der Waals surface area contributed by atoms with Crippen LogP contribution in [0.1, 0.15) is 31.4 Å². The van der Waals surface area contributed by atoms with Crippen LogP contribution in [0.2, 0.25) is 0 Å². The zero-order chi connectivity index (χ0) is 12.1. The first-order valence-electron chi connectivity index (χ1n) is 5.92. The Morgan fingerprint density at radius 1 is 1.41 bits per heavy atom. The fourth-order valence-corrected chi connectivity index (χ4v) is 2.24. The van der Waals surface area contributed by atoms with E-state index < -0.39 is 0 Å². The molecule has 0 radical (unpaired) electrons. The second kappa shape index (κ2) is 5.60. The zero-order valence-electron chi connectivity index (χ0n) is 9.63. The molecule has 0 aromatic carbocycles. The van der Waals surface area contributed by atoms with Crippen LogP contribution in [-0.4, -0.2) is 27.7 Å². The average molecular weight is 232 g/mol. The maximum atomic E-state index is 9.57. The van der Waals surface area contributed by atoms with E-state index in [0.717, 1.165) is 32.2 Å². The quantitative estimate of drug-likeness (QED) is 0.821. The molecule has 0 amide bonds. The largest absolute Gasteiger partial charge is 0.393 e. The van der Waals surface area contributed by atoms with Gasteiger partial charge in [0.2, 0.25) is 0 Å². The van der Waals surface area contributed by atoms with Gasteiger partial charge in [-0.25, -0.2) is 9.97 Å². The third-order valence-corrected chi connectivity index (χ3v) is 3.12. The van der Waals surface area contributed by atoms with Crippen molar-refractivity contribution in [3.05, 3.63) is 18.1 Å². The highest BCUT2D eigenvalue weighted by molar-refractivity contribution is 5.46. The zero-order valence-corrected chi connectivity index (χ0v) is 9.63. The van der Waals surface area contributed by atoms with Gasteiger partial charge in [-0.3, -0.25) is 0 Å². The number of hydrogen-bond acceptors (Lipinski definition) is 5. The van der Waals surface area contributed by atoms with Crippen molar-refractivity contribution in [2.24, 2.45) is 5.92 Å². The molecule has 5 nitrogen and oxygen atoms in total. The van der Waals surface area contributed by atoms with Crippen LogP contribution in [0.15, 0.2) is 12.4 Å². The van der Waals surface area contributed by atoms with Gasteiger partial charge in [0.15, 0.2) is 11.5 Å². The van der Waals surface area contributed by atoms with Crippen LogP contribution in [0.4, 0.5) is 5.82 Å². The minimum absolute atomic E-state index is 0.173. The molecule has 2 atom stereocenters. The highest BCUT2D eigenvalue weighted by Gasteiger charge is 2.20. The molecule has 2 unspecified atom stereocenters. The van der Waals surface area contributed by atoms with Crippen LogP contribution in [0.25, 0.3) is 0 Å². The van der Waals surface area contributed by atoms with Crippen LogP contribution in [-0.2, 0) is 0 Å². The molecule has 1 heterocycles. The smallest absolute Gasteiger partial charge is 0.182 e. The topological polar surface area (TPSA) is 81.8 Å². The van der Waals surface area contributed by atoms with Gasteiger partial charge >= 0.3 is 0 Å². The first-order chi connectivity index (χ1) is 8.29. The molecular formula is C12H16N4O. The average Bonchev–Trinajstić information content (AvgIpc) is 2.37. The van der Waals surface area contributed by atoms with E-state index in [1.165, 1.54) is 6.20 Å². The molecule has 1 fully saturated rings. The Hall–Kier alpha value is -1.67. The van der Waals surface area contributed by atoms with Gasteiger partial charge in [0.05, 0.1) is 6.10 Å². The van der Waals surface area contributed by atoms with E-state index in [0.29, 0.717) is 17.4 Å². The summed E-state index contributed by atoms with van der Waals surface area (Å²) in [5.41, 5.74) is 0.323. The maximum Gasteiger partial charge on any atom is 0.182 e. The monoisotopic (exact) mass is 232 g/mol. The summed E-state index contributed by atoms with van der Waals surface area (Å²) in [5.74, 6) is 0.988. The van der Waals surface area contributed by atoms with E-state index in [1.807, 2.05) is 6.07 Å². The summed E-state index contributed by atoms with van der Waals surface area (Å²) >= 11 is 0. The molecule has 0 saturated heterocycles. The summed E-state index contributed by atoms with van der Waals surface area (Å²) in [7, 11) is 0. The van der Waals surface area contributed by atoms with E-state index in [4.69, 9.17) is 5.26 Å². The Kier molecular flexibility index (Phi) is 3.89. The minimum Gasteiger partial charge on any atom is -0.393 e. The molecule has 90 valence electrons. The highest BCUT2D eigenvalue weighted by Crippen LogP contribution is 2.24. The molecule has 2 N–H and O–H groups in total. The minimum atomic E-state index is -0.173. The number of aliphatic hydroxyl groups is 1. The van der Waals surface area contributed by atoms with Crippen molar-refractivity contribution in [2.45, 2.75) is 31.8 Å². The Balaban J connectivity index is 1.91. The van der Waals surface area contributed by atoms with E-state index in [-0.39, 0.29) is 6.10 Å². The third-order valence-electron chi connectivity index (χ3n) is 3.12. The SMILES string of the molecule is N#Cc1nccnc1NCC1CCCC(O)C1. The lowest BCUT2D eigenvalue weighted by Crippen LogP contribution is -2.25. The summed E-state index contributed by atoms with van der Waals surface area (Å²) in [4.78, 5) is 8.03. The normalized spacial score (nSPS) is 24.0. The molecule has 1 aliphatic rings. The molecule has 0 bridgehead atoms. The van der Waals surface area contributed by atoms with E-state index in [2.05, 4.69) is 15.3 Å². The number of nitrogens with one attached hydrogen (secondary N) is 1. The second-order valence-corrected chi connectivity index (χ2v) is 4.43. The predicted octanol–water partition coefficient (Wildman–Crippen LogP) is 1.31. The Bertz CT molecular complexity index is 415. The van der Waals surface area contributed by atoms with Crippen molar-refractivity contribution in [2.75, 3.05) is 11.9 Å². The standard InChI is InChI=1S/C12H16N4O/c13-7-11-12(15-5-4-14-11)16-8-9-2-1-3-10(17)6-9/h4-5,9-10,17H,1-3,6,8H2,(H,15,16). The molecule has 1 saturated carbocycles. The number of anilines is 1. The molecular weight excluding hydrogens is 216 g/mol. The van der Waals surface area contributed by atoms with Gasteiger partial charge in [-0.15, -0.1) is 0 Å². The molecule has 5 heteroatoms. The van der Waals surface area contributed by atoms with Crippen LogP contribution in [0.5, 0.6) is 0 Å². The summed E-state index contributed by atoms with van der Waals surface area (Å²) in [6.07, 6.45) is 6.83. The van der Waals surface area contributed by atoms with Gasteiger partial charge in [0, 0.05) is 18.9 Å². The van der Waals surface area contributed by atoms with Gasteiger partial charge in [-0.05, 0) is 25.2 Å². The lowest BCUT2D eigenvalue weighted by molar-refractivity contribution is 0.104. The third kappa shape index (κ3) is 3.14. The van der Waals surface area contributed by atoms with Gasteiger partial charge in [0.1, 0.15) is 6.07 Å². The summed E-state index contributed by atoms with van der Waals surface area (Å²) in [5, 5.41) is 21.6. The van der Waals surface area contributed by atoms with Crippen molar-refractivity contribution in [3.63, 3.8) is 0 Å². The molecule has 1 aromatic heterocycles. The summed E-state index contributed by atoms with van der Waals surface area (Å²) in [6, 6.07) is 2.01. The van der Waals surface area contributed by atoms with Crippen LogP contribution >= 0.6 is 0 Å². The lowest BCUT2D eigenvalue weighted by atomic mass is 9.87. The van der Waals surface area contributed by atoms with E-state index in [9.17, 15) is 5.11 Å². The molecule has 0 aliphatic heterocycles. The number of aromatic nitrogens is 2. The van der Waals surface area contributed by atoms with E-state index in [1.54, 1.807) is 6.20 Å². The first-order valence-corrected chi connectivity index (χ1v) is 5.92. The Labute approximate surface area is 101 Å². The van der Waals surface area contributed by atoms with Crippen LogP contribution in [0, 0.1) is 17.2 Å². The maximum absolute atomic E-state index is 9.57. The predicted molar refractivity (Wildman–Crippen MR) is 63.2 cm³/mol. The van der Waals surface area contributed by atoms with Gasteiger partial charge < -0.3 is 10.4 Å². The van der Waals surface area contributed by atoms with Gasteiger partial charge in [-0.2, -0.15) is 5.26 Å². The number of nitriles is 1. The first kappa shape index (κ1) is 11.8. The molecule has 2 rings (SSSR count). The van der Waals surface area contributed by atoms with E-state index >= 15 is 0 Å². The second-order valence-electron chi connectivity index (χ2n) is 4.43. The van der Waals surface area contributed by atoms with Crippen LogP contribution < -0.4 is 5.32 Å². The molecule has 1 aromatic rings. The Morgan fingerprint density at radius 3 is 3.00 bits per heavy atom. The van der Waals surface area contributed by atoms with Gasteiger partial charge in [-0.1, -0.05) is 6.42 Å². The van der Waals surface area contributed by atoms with Crippen LogP contribution in [0.3, 0.4) is 0 Å². The fourth-order valence-electron chi connectivity index (χ4n) is 2.24. The highest BCUT2D eigenvalue weighted by atomic mass is 16.3.